The van der Waals surface area contributed by atoms with Gasteiger partial charge in [0.15, 0.2) is 17.2 Å². The van der Waals surface area contributed by atoms with E-state index in [0.717, 1.165) is 44.5 Å². The molecule has 0 unspecified atom stereocenters. The molecule has 3 aromatic rings. The molecular weight excluding hydrogens is 492 g/mol. The minimum Gasteiger partial charge on any atom is -0.389 e. The van der Waals surface area contributed by atoms with E-state index in [1.807, 2.05) is 6.07 Å². The van der Waals surface area contributed by atoms with Crippen molar-refractivity contribution in [3.63, 3.8) is 0 Å². The van der Waals surface area contributed by atoms with Crippen LogP contribution in [-0.4, -0.2) is 56.0 Å². The predicted octanol–water partition coefficient (Wildman–Crippen LogP) is 3.55. The maximum atomic E-state index is 9.54. The summed E-state index contributed by atoms with van der Waals surface area (Å²) in [6, 6.07) is 8.18. The number of anilines is 4. The summed E-state index contributed by atoms with van der Waals surface area (Å²) >= 11 is 6.75. The highest BCUT2D eigenvalue weighted by atomic mass is 35.5. The third kappa shape index (κ3) is 6.57. The van der Waals surface area contributed by atoms with Crippen molar-refractivity contribution in [1.82, 2.24) is 19.6 Å². The monoisotopic (exact) mass is 522 g/mol. The number of nitrogens with two attached hydrogens (primary N) is 1. The fourth-order valence-electron chi connectivity index (χ4n) is 3.78. The number of rotatable bonds is 6. The molecule has 11 nitrogen and oxygen atoms in total. The minimum atomic E-state index is -0.681. The van der Waals surface area contributed by atoms with E-state index in [9.17, 15) is 10.5 Å². The third-order valence-electron chi connectivity index (χ3n) is 6.02. The number of piperidine rings is 1. The number of hydrogen-bond donors (Lipinski definition) is 4. The number of nitrogens with one attached hydrogen (secondary N) is 2. The summed E-state index contributed by atoms with van der Waals surface area (Å²) in [7, 11) is 0. The third-order valence-corrected chi connectivity index (χ3v) is 6.42. The Labute approximate surface area is 220 Å². The smallest absolute Gasteiger partial charge is 0.247 e. The van der Waals surface area contributed by atoms with Crippen LogP contribution in [0.4, 0.5) is 23.1 Å². The molecule has 194 valence electrons. The van der Waals surface area contributed by atoms with Gasteiger partial charge in [0, 0.05) is 25.7 Å². The predicted molar refractivity (Wildman–Crippen MR) is 143 cm³/mol. The molecule has 0 atom stereocenters. The van der Waals surface area contributed by atoms with Gasteiger partial charge in [-0.2, -0.15) is 20.0 Å². The largest absolute Gasteiger partial charge is 0.389 e. The van der Waals surface area contributed by atoms with E-state index in [4.69, 9.17) is 22.4 Å². The summed E-state index contributed by atoms with van der Waals surface area (Å²) in [6.45, 7) is 5.49. The molecule has 37 heavy (non-hydrogen) atoms. The van der Waals surface area contributed by atoms with Gasteiger partial charge in [0.05, 0.1) is 39.8 Å². The van der Waals surface area contributed by atoms with Crippen molar-refractivity contribution >= 4 is 40.4 Å². The molecule has 0 bridgehead atoms. The zero-order chi connectivity index (χ0) is 26.6. The fourth-order valence-corrected chi connectivity index (χ4v) is 4.05. The second kappa shape index (κ2) is 11.2. The molecule has 1 saturated heterocycles. The standard InChI is InChI=1S/C21H20ClN9.C4H11NO/c22-18-16(8-13(10-23)9-17(18)30-6-2-1-3-7-30)27-21-28-19(26-14-4-5-14)20-25-12-15(11-24)31(20)29-21;1-4(2,6)3-5/h8-9,12,14H,1-7H2,(H2,26,27,28,29);6H,3,5H2,1-2H3. The Hall–Kier alpha value is -3.64. The zero-order valence-electron chi connectivity index (χ0n) is 21.0. The summed E-state index contributed by atoms with van der Waals surface area (Å²) in [5.41, 5.74) is 7.08. The van der Waals surface area contributed by atoms with Crippen LogP contribution in [0.5, 0.6) is 0 Å². The number of imidazole rings is 1. The number of hydrogen-bond acceptors (Lipinski definition) is 10. The SMILES string of the molecule is CC(C)(O)CN.N#Cc1cc(Nc2nc(NC3CC3)c3ncc(C#N)n3n2)c(Cl)c(N2CCCCC2)c1. The number of nitriles is 2. The van der Waals surface area contributed by atoms with Crippen LogP contribution >= 0.6 is 11.6 Å². The molecule has 0 amide bonds. The Morgan fingerprint density at radius 1 is 1.19 bits per heavy atom. The van der Waals surface area contributed by atoms with Crippen LogP contribution in [0, 0.1) is 22.7 Å². The first kappa shape index (κ1) is 26.4. The Morgan fingerprint density at radius 2 is 1.89 bits per heavy atom. The molecule has 1 aliphatic carbocycles. The molecule has 1 aliphatic heterocycles. The number of benzene rings is 1. The van der Waals surface area contributed by atoms with Crippen molar-refractivity contribution in [3.8, 4) is 12.1 Å². The van der Waals surface area contributed by atoms with Crippen LogP contribution in [-0.2, 0) is 0 Å². The van der Waals surface area contributed by atoms with Crippen molar-refractivity contribution < 1.29 is 5.11 Å². The molecule has 5 N–H and O–H groups in total. The quantitative estimate of drug-likeness (QED) is 0.376. The number of aliphatic hydroxyl groups is 1. The fraction of sp³-hybridized carbons (Fsp3) is 0.480. The van der Waals surface area contributed by atoms with Crippen molar-refractivity contribution in [1.29, 1.82) is 10.5 Å². The van der Waals surface area contributed by atoms with Crippen molar-refractivity contribution in [2.24, 2.45) is 5.73 Å². The number of halogens is 1. The molecule has 2 aromatic heterocycles. The van der Waals surface area contributed by atoms with Gasteiger partial charge in [0.25, 0.3) is 0 Å². The summed E-state index contributed by atoms with van der Waals surface area (Å²) < 4.78 is 1.47. The van der Waals surface area contributed by atoms with E-state index < -0.39 is 5.60 Å². The normalized spacial score (nSPS) is 15.4. The number of aromatic nitrogens is 4. The lowest BCUT2D eigenvalue weighted by atomic mass is 10.1. The maximum Gasteiger partial charge on any atom is 0.247 e. The van der Waals surface area contributed by atoms with Gasteiger partial charge in [-0.25, -0.2) is 4.98 Å². The molecule has 3 heterocycles. The summed E-state index contributed by atoms with van der Waals surface area (Å²) in [6.07, 6.45) is 7.02. The van der Waals surface area contributed by atoms with Gasteiger partial charge < -0.3 is 26.4 Å². The van der Waals surface area contributed by atoms with Gasteiger partial charge in [0.1, 0.15) is 6.07 Å². The van der Waals surface area contributed by atoms with E-state index >= 15 is 0 Å². The first-order valence-corrected chi connectivity index (χ1v) is 12.7. The lowest BCUT2D eigenvalue weighted by Gasteiger charge is -2.30. The van der Waals surface area contributed by atoms with Gasteiger partial charge in [0.2, 0.25) is 5.95 Å². The van der Waals surface area contributed by atoms with Crippen molar-refractivity contribution in [2.45, 2.75) is 57.6 Å². The first-order chi connectivity index (χ1) is 17.7. The second-order valence-corrected chi connectivity index (χ2v) is 10.2. The molecule has 1 aromatic carbocycles. The van der Waals surface area contributed by atoms with Crippen LogP contribution in [0.25, 0.3) is 5.65 Å². The van der Waals surface area contributed by atoms with Gasteiger partial charge in [-0.05, 0) is 58.1 Å². The Bertz CT molecular complexity index is 1340. The van der Waals surface area contributed by atoms with Gasteiger partial charge in [-0.3, -0.25) is 0 Å². The molecule has 12 heteroatoms. The van der Waals surface area contributed by atoms with E-state index in [1.165, 1.54) is 17.1 Å². The maximum absolute atomic E-state index is 9.54. The van der Waals surface area contributed by atoms with Crippen LogP contribution < -0.4 is 21.3 Å². The molecule has 2 aliphatic rings. The molecule has 5 rings (SSSR count). The second-order valence-electron chi connectivity index (χ2n) is 9.85. The molecular formula is C25H31ClN10O. The Kier molecular flexibility index (Phi) is 7.98. The summed E-state index contributed by atoms with van der Waals surface area (Å²) in [5, 5.41) is 39.1. The minimum absolute atomic E-state index is 0.270. The van der Waals surface area contributed by atoms with E-state index in [0.29, 0.717) is 46.0 Å². The van der Waals surface area contributed by atoms with Crippen molar-refractivity contribution in [3.05, 3.63) is 34.6 Å². The van der Waals surface area contributed by atoms with E-state index in [1.54, 1.807) is 19.9 Å². The van der Waals surface area contributed by atoms with Crippen LogP contribution in [0.1, 0.15) is 57.2 Å². The Morgan fingerprint density at radius 3 is 2.49 bits per heavy atom. The average molecular weight is 523 g/mol. The summed E-state index contributed by atoms with van der Waals surface area (Å²) in [4.78, 5) is 11.1. The lowest BCUT2D eigenvalue weighted by molar-refractivity contribution is 0.0898. The van der Waals surface area contributed by atoms with Crippen molar-refractivity contribution in [2.75, 3.05) is 35.2 Å². The van der Waals surface area contributed by atoms with Gasteiger partial charge >= 0.3 is 0 Å². The average Bonchev–Trinajstić information content (AvgIpc) is 3.61. The highest BCUT2D eigenvalue weighted by Crippen LogP contribution is 2.37. The number of nitrogens with zero attached hydrogens (tertiary/aromatic N) is 7. The number of fused-ring (bicyclic) bond motifs is 1. The molecule has 1 saturated carbocycles. The van der Waals surface area contributed by atoms with E-state index in [-0.39, 0.29) is 5.95 Å². The van der Waals surface area contributed by atoms with Crippen LogP contribution in [0.3, 0.4) is 0 Å². The zero-order valence-corrected chi connectivity index (χ0v) is 21.8. The molecule has 0 spiro atoms. The Balaban J connectivity index is 0.000000480. The van der Waals surface area contributed by atoms with E-state index in [2.05, 4.69) is 42.7 Å². The van der Waals surface area contributed by atoms with Gasteiger partial charge in [-0.15, -0.1) is 5.10 Å². The first-order valence-electron chi connectivity index (χ1n) is 12.3. The molecule has 2 fully saturated rings. The van der Waals surface area contributed by atoms with Gasteiger partial charge in [-0.1, -0.05) is 11.6 Å². The van der Waals surface area contributed by atoms with Crippen LogP contribution in [0.15, 0.2) is 18.3 Å². The molecule has 0 radical (unpaired) electrons. The van der Waals surface area contributed by atoms with Crippen LogP contribution in [0.2, 0.25) is 5.02 Å². The highest BCUT2D eigenvalue weighted by Gasteiger charge is 2.25. The lowest BCUT2D eigenvalue weighted by Crippen LogP contribution is -2.29. The topological polar surface area (TPSA) is 164 Å². The highest BCUT2D eigenvalue weighted by molar-refractivity contribution is 6.36. The summed E-state index contributed by atoms with van der Waals surface area (Å²) in [5.74, 6) is 0.831.